The first-order chi connectivity index (χ1) is 9.10. The van der Waals surface area contributed by atoms with Crippen LogP contribution in [0.5, 0.6) is 0 Å². The van der Waals surface area contributed by atoms with E-state index in [1.54, 1.807) is 6.92 Å². The summed E-state index contributed by atoms with van der Waals surface area (Å²) in [5.74, 6) is -1.04. The minimum absolute atomic E-state index is 0.00417. The Morgan fingerprint density at radius 3 is 2.79 bits per heavy atom. The number of nitrogens with two attached hydrogens (primary N) is 1. The van der Waals surface area contributed by atoms with Gasteiger partial charge in [0.15, 0.2) is 17.0 Å². The van der Waals surface area contributed by atoms with Gasteiger partial charge in [-0.2, -0.15) is 0 Å². The molecule has 9 nitrogen and oxygen atoms in total. The predicted molar refractivity (Wildman–Crippen MR) is 64.5 cm³/mol. The summed E-state index contributed by atoms with van der Waals surface area (Å²) in [5, 5.41) is 9.87. The fourth-order valence-corrected chi connectivity index (χ4v) is 1.50. The summed E-state index contributed by atoms with van der Waals surface area (Å²) in [5.41, 5.74) is 5.90. The Kier molecular flexibility index (Phi) is 3.27. The largest absolute Gasteiger partial charge is 0.461 e. The maximum absolute atomic E-state index is 11.6. The fourth-order valence-electron chi connectivity index (χ4n) is 1.50. The first-order valence-electron chi connectivity index (χ1n) is 5.48. The lowest BCUT2D eigenvalue weighted by Crippen LogP contribution is -2.23. The normalized spacial score (nSPS) is 10.4. The molecule has 0 bridgehead atoms. The Labute approximate surface area is 107 Å². The van der Waals surface area contributed by atoms with Crippen molar-refractivity contribution in [2.24, 2.45) is 0 Å². The molecule has 100 valence electrons. The van der Waals surface area contributed by atoms with Gasteiger partial charge in [-0.25, -0.2) is 9.78 Å². The molecule has 0 saturated carbocycles. The Hall–Kier alpha value is -2.71. The zero-order chi connectivity index (χ0) is 14.0. The summed E-state index contributed by atoms with van der Waals surface area (Å²) < 4.78 is 6.14. The number of nitrogens with one attached hydrogen (secondary N) is 1. The molecule has 0 aromatic carbocycles. The minimum Gasteiger partial charge on any atom is -0.461 e. The third-order valence-electron chi connectivity index (χ3n) is 2.40. The van der Waals surface area contributed by atoms with Crippen LogP contribution >= 0.6 is 0 Å². The van der Waals surface area contributed by atoms with Crippen LogP contribution in [0.25, 0.3) is 5.65 Å². The lowest BCUT2D eigenvalue weighted by molar-refractivity contribution is 0.0522. The number of fused-ring (bicyclic) bond motifs is 1. The number of rotatable bonds is 3. The lowest BCUT2D eigenvalue weighted by atomic mass is 10.4. The number of anilines is 1. The summed E-state index contributed by atoms with van der Waals surface area (Å²) in [6, 6.07) is 0. The van der Waals surface area contributed by atoms with E-state index in [2.05, 4.69) is 20.5 Å². The second-order valence-corrected chi connectivity index (χ2v) is 3.52. The fraction of sp³-hybridized carbons (Fsp3) is 0.300. The highest BCUT2D eigenvalue weighted by molar-refractivity contribution is 5.98. The number of aromatic nitrogens is 4. The minimum atomic E-state index is -0.619. The SMILES string of the molecule is CCOC(=O)c1ncn2c(N)c(C(=O)NC)nnc12. The number of nitrogen functional groups attached to an aromatic ring is 1. The van der Waals surface area contributed by atoms with Gasteiger partial charge >= 0.3 is 5.97 Å². The molecular formula is C10H12N6O3. The van der Waals surface area contributed by atoms with Crippen LogP contribution in [0, 0.1) is 0 Å². The summed E-state index contributed by atoms with van der Waals surface area (Å²) in [6.45, 7) is 1.90. The van der Waals surface area contributed by atoms with E-state index in [1.165, 1.54) is 17.8 Å². The van der Waals surface area contributed by atoms with Gasteiger partial charge in [-0.05, 0) is 6.92 Å². The van der Waals surface area contributed by atoms with Gasteiger partial charge in [0.2, 0.25) is 0 Å². The Balaban J connectivity index is 2.55. The maximum atomic E-state index is 11.6. The van der Waals surface area contributed by atoms with E-state index in [1.807, 2.05) is 0 Å². The zero-order valence-electron chi connectivity index (χ0n) is 10.4. The first kappa shape index (κ1) is 12.7. The van der Waals surface area contributed by atoms with E-state index in [9.17, 15) is 9.59 Å². The van der Waals surface area contributed by atoms with Crippen LogP contribution in [0.1, 0.15) is 27.9 Å². The van der Waals surface area contributed by atoms with Gasteiger partial charge in [0.25, 0.3) is 5.91 Å². The summed E-state index contributed by atoms with van der Waals surface area (Å²) in [4.78, 5) is 27.0. The molecule has 2 rings (SSSR count). The van der Waals surface area contributed by atoms with Crippen molar-refractivity contribution in [2.45, 2.75) is 6.92 Å². The molecule has 19 heavy (non-hydrogen) atoms. The van der Waals surface area contributed by atoms with Crippen molar-refractivity contribution in [3.05, 3.63) is 17.7 Å². The molecule has 2 aromatic rings. The second-order valence-electron chi connectivity index (χ2n) is 3.52. The number of esters is 1. The van der Waals surface area contributed by atoms with Crippen molar-refractivity contribution in [1.29, 1.82) is 0 Å². The van der Waals surface area contributed by atoms with Crippen molar-refractivity contribution < 1.29 is 14.3 Å². The molecule has 0 radical (unpaired) electrons. The topological polar surface area (TPSA) is 124 Å². The summed E-state index contributed by atoms with van der Waals surface area (Å²) >= 11 is 0. The van der Waals surface area contributed by atoms with Crippen molar-refractivity contribution in [3.63, 3.8) is 0 Å². The number of nitrogens with zero attached hydrogens (tertiary/aromatic N) is 4. The van der Waals surface area contributed by atoms with Gasteiger partial charge in [-0.15, -0.1) is 10.2 Å². The monoisotopic (exact) mass is 264 g/mol. The zero-order valence-corrected chi connectivity index (χ0v) is 10.4. The molecule has 0 atom stereocenters. The molecule has 9 heteroatoms. The quantitative estimate of drug-likeness (QED) is 0.698. The smallest absolute Gasteiger partial charge is 0.360 e. The Morgan fingerprint density at radius 2 is 2.16 bits per heavy atom. The van der Waals surface area contributed by atoms with Crippen LogP contribution in [0.4, 0.5) is 5.82 Å². The highest BCUT2D eigenvalue weighted by Crippen LogP contribution is 2.14. The van der Waals surface area contributed by atoms with Crippen molar-refractivity contribution in [3.8, 4) is 0 Å². The Morgan fingerprint density at radius 1 is 1.42 bits per heavy atom. The molecule has 2 aromatic heterocycles. The van der Waals surface area contributed by atoms with Crippen molar-refractivity contribution in [2.75, 3.05) is 19.4 Å². The molecule has 0 spiro atoms. The number of amides is 1. The molecule has 0 aliphatic heterocycles. The van der Waals surface area contributed by atoms with Gasteiger partial charge in [0, 0.05) is 7.05 Å². The average Bonchev–Trinajstić information content (AvgIpc) is 2.83. The molecule has 0 unspecified atom stereocenters. The Bertz CT molecular complexity index is 650. The van der Waals surface area contributed by atoms with E-state index in [0.717, 1.165) is 0 Å². The van der Waals surface area contributed by atoms with Crippen LogP contribution in [0.3, 0.4) is 0 Å². The van der Waals surface area contributed by atoms with Crippen LogP contribution < -0.4 is 11.1 Å². The average molecular weight is 264 g/mol. The van der Waals surface area contributed by atoms with E-state index in [4.69, 9.17) is 10.5 Å². The molecule has 0 saturated heterocycles. The van der Waals surface area contributed by atoms with Gasteiger partial charge in [-0.1, -0.05) is 0 Å². The standard InChI is InChI=1S/C10H12N6O3/c1-3-19-10(18)6-8-15-14-5(9(17)12-2)7(11)16(8)4-13-6/h4H,3,11H2,1-2H3,(H,12,17). The van der Waals surface area contributed by atoms with E-state index in [-0.39, 0.29) is 29.5 Å². The number of imidazole rings is 1. The number of hydrogen-bond donors (Lipinski definition) is 2. The highest BCUT2D eigenvalue weighted by atomic mass is 16.5. The first-order valence-corrected chi connectivity index (χ1v) is 5.48. The molecule has 0 aliphatic carbocycles. The van der Waals surface area contributed by atoms with Crippen LogP contribution in [0.2, 0.25) is 0 Å². The molecule has 1 amide bonds. The molecule has 0 fully saturated rings. The summed E-state index contributed by atoms with van der Waals surface area (Å²) in [7, 11) is 1.45. The molecular weight excluding hydrogens is 252 g/mol. The van der Waals surface area contributed by atoms with Crippen molar-refractivity contribution in [1.82, 2.24) is 24.9 Å². The van der Waals surface area contributed by atoms with Gasteiger partial charge < -0.3 is 15.8 Å². The van der Waals surface area contributed by atoms with E-state index >= 15 is 0 Å². The third-order valence-corrected chi connectivity index (χ3v) is 2.40. The van der Waals surface area contributed by atoms with Crippen molar-refractivity contribution >= 4 is 23.3 Å². The number of carbonyl (C=O) groups excluding carboxylic acids is 2. The molecule has 0 aliphatic rings. The number of carbonyl (C=O) groups is 2. The molecule has 2 heterocycles. The maximum Gasteiger partial charge on any atom is 0.360 e. The van der Waals surface area contributed by atoms with Gasteiger partial charge in [-0.3, -0.25) is 9.20 Å². The third kappa shape index (κ3) is 2.05. The highest BCUT2D eigenvalue weighted by Gasteiger charge is 2.21. The van der Waals surface area contributed by atoms with Crippen LogP contribution in [-0.2, 0) is 4.74 Å². The van der Waals surface area contributed by atoms with Crippen LogP contribution in [-0.4, -0.2) is 45.1 Å². The summed E-state index contributed by atoms with van der Waals surface area (Å²) in [6.07, 6.45) is 1.29. The predicted octanol–water partition coefficient (Wildman–Crippen LogP) is -0.757. The molecule has 3 N–H and O–H groups in total. The van der Waals surface area contributed by atoms with E-state index < -0.39 is 11.9 Å². The number of ether oxygens (including phenoxy) is 1. The van der Waals surface area contributed by atoms with Gasteiger partial charge in [0.1, 0.15) is 12.1 Å². The second kappa shape index (κ2) is 4.88. The van der Waals surface area contributed by atoms with Crippen LogP contribution in [0.15, 0.2) is 6.33 Å². The lowest BCUT2D eigenvalue weighted by Gasteiger charge is -2.04. The van der Waals surface area contributed by atoms with E-state index in [0.29, 0.717) is 0 Å². The number of hydrogen-bond acceptors (Lipinski definition) is 7. The van der Waals surface area contributed by atoms with Gasteiger partial charge in [0.05, 0.1) is 6.61 Å².